The lowest BCUT2D eigenvalue weighted by Crippen LogP contribution is -2.37. The molecule has 4 nitrogen and oxygen atoms in total. The van der Waals surface area contributed by atoms with E-state index in [9.17, 15) is 4.79 Å². The number of carbonyl (C=O) groups is 1. The predicted octanol–water partition coefficient (Wildman–Crippen LogP) is 6.31. The van der Waals surface area contributed by atoms with E-state index in [0.717, 1.165) is 28.5 Å². The van der Waals surface area contributed by atoms with E-state index < -0.39 is 5.54 Å². The molecule has 1 amide bonds. The van der Waals surface area contributed by atoms with E-state index in [1.54, 1.807) is 0 Å². The Morgan fingerprint density at radius 3 is 2.33 bits per heavy atom. The summed E-state index contributed by atoms with van der Waals surface area (Å²) in [6.45, 7) is 2.36. The number of carbonyl (C=O) groups excluding carboxylic acids is 1. The Hall–Kier alpha value is -2.23. The van der Waals surface area contributed by atoms with Crippen LogP contribution < -0.4 is 10.1 Å². The molecule has 2 aromatic rings. The highest BCUT2D eigenvalue weighted by molar-refractivity contribution is 5.85. The maximum atomic E-state index is 11.5. The second-order valence-corrected chi connectivity index (χ2v) is 9.81. The smallest absolute Gasteiger partial charge is 0.408 e. The van der Waals surface area contributed by atoms with Gasteiger partial charge in [-0.2, -0.15) is 0 Å². The fraction of sp³-hybridized carbons (Fsp3) is 0.577. The Labute approximate surface area is 179 Å². The number of hydrogen-bond acceptors (Lipinski definition) is 3. The van der Waals surface area contributed by atoms with Crippen molar-refractivity contribution in [3.63, 3.8) is 0 Å². The lowest BCUT2D eigenvalue weighted by molar-refractivity contribution is 0.0992. The minimum absolute atomic E-state index is 0.348. The highest BCUT2D eigenvalue weighted by Gasteiger charge is 2.36. The second-order valence-electron chi connectivity index (χ2n) is 9.81. The molecule has 0 bridgehead atoms. The molecule has 1 atom stereocenters. The summed E-state index contributed by atoms with van der Waals surface area (Å²) < 4.78 is 11.5. The second kappa shape index (κ2) is 8.13. The Morgan fingerprint density at radius 2 is 1.60 bits per heavy atom. The van der Waals surface area contributed by atoms with Gasteiger partial charge >= 0.3 is 6.09 Å². The summed E-state index contributed by atoms with van der Waals surface area (Å²) in [4.78, 5) is 11.5. The molecule has 3 aliphatic rings. The van der Waals surface area contributed by atoms with Crippen LogP contribution >= 0.6 is 0 Å². The maximum absolute atomic E-state index is 11.5. The third-order valence-electron chi connectivity index (χ3n) is 7.66. The van der Waals surface area contributed by atoms with E-state index in [0.29, 0.717) is 12.7 Å². The SMILES string of the molecule is CC1(c2ccc3cc(OC4CCC(C5CCCCC5)CC4)ccc3c2)COC(=O)N1. The minimum Gasteiger partial charge on any atom is -0.490 e. The van der Waals surface area contributed by atoms with Gasteiger partial charge in [0.25, 0.3) is 0 Å². The highest BCUT2D eigenvalue weighted by atomic mass is 16.6. The molecule has 0 aromatic heterocycles. The molecule has 2 saturated carbocycles. The van der Waals surface area contributed by atoms with Crippen LogP contribution in [0.5, 0.6) is 5.75 Å². The van der Waals surface area contributed by atoms with Crippen molar-refractivity contribution in [2.75, 3.05) is 6.61 Å². The van der Waals surface area contributed by atoms with Crippen molar-refractivity contribution in [3.8, 4) is 5.75 Å². The summed E-state index contributed by atoms with van der Waals surface area (Å²) in [5.41, 5.74) is 0.604. The van der Waals surface area contributed by atoms with Crippen molar-refractivity contribution in [1.82, 2.24) is 5.32 Å². The third kappa shape index (κ3) is 4.01. The molecule has 1 unspecified atom stereocenters. The van der Waals surface area contributed by atoms with Crippen molar-refractivity contribution in [3.05, 3.63) is 42.0 Å². The number of amides is 1. The van der Waals surface area contributed by atoms with E-state index in [4.69, 9.17) is 9.47 Å². The van der Waals surface area contributed by atoms with Crippen LogP contribution in [-0.2, 0) is 10.3 Å². The zero-order valence-corrected chi connectivity index (χ0v) is 18.0. The summed E-state index contributed by atoms with van der Waals surface area (Å²) in [5.74, 6) is 2.88. The number of nitrogens with one attached hydrogen (secondary N) is 1. The van der Waals surface area contributed by atoms with Crippen LogP contribution in [0.4, 0.5) is 4.79 Å². The third-order valence-corrected chi connectivity index (χ3v) is 7.66. The van der Waals surface area contributed by atoms with Gasteiger partial charge in [-0.05, 0) is 79.0 Å². The largest absolute Gasteiger partial charge is 0.490 e. The van der Waals surface area contributed by atoms with Gasteiger partial charge in [-0.15, -0.1) is 0 Å². The fourth-order valence-corrected chi connectivity index (χ4v) is 5.78. The molecule has 0 spiro atoms. The van der Waals surface area contributed by atoms with Crippen molar-refractivity contribution in [2.24, 2.45) is 11.8 Å². The first-order valence-electron chi connectivity index (χ1n) is 11.7. The van der Waals surface area contributed by atoms with Crippen LogP contribution in [0.1, 0.15) is 70.3 Å². The molecule has 30 heavy (non-hydrogen) atoms. The number of rotatable bonds is 4. The van der Waals surface area contributed by atoms with Crippen LogP contribution in [0.25, 0.3) is 10.8 Å². The Balaban J connectivity index is 1.23. The van der Waals surface area contributed by atoms with Crippen molar-refractivity contribution in [1.29, 1.82) is 0 Å². The predicted molar refractivity (Wildman–Crippen MR) is 119 cm³/mol. The molecule has 1 saturated heterocycles. The lowest BCUT2D eigenvalue weighted by Gasteiger charge is -2.35. The van der Waals surface area contributed by atoms with Gasteiger partial charge in [0.05, 0.1) is 11.6 Å². The molecule has 1 heterocycles. The van der Waals surface area contributed by atoms with Crippen molar-refractivity contribution >= 4 is 16.9 Å². The first-order chi connectivity index (χ1) is 14.6. The van der Waals surface area contributed by atoms with Crippen molar-refractivity contribution < 1.29 is 14.3 Å². The zero-order chi connectivity index (χ0) is 20.6. The fourth-order valence-electron chi connectivity index (χ4n) is 5.78. The normalized spacial score (nSPS) is 30.1. The van der Waals surface area contributed by atoms with Crippen LogP contribution in [0.3, 0.4) is 0 Å². The first-order valence-corrected chi connectivity index (χ1v) is 11.7. The molecule has 4 heteroatoms. The number of benzene rings is 2. The van der Waals surface area contributed by atoms with Gasteiger partial charge in [0.1, 0.15) is 12.4 Å². The van der Waals surface area contributed by atoms with Gasteiger partial charge in [0.2, 0.25) is 0 Å². The first kappa shape index (κ1) is 19.7. The Kier molecular flexibility index (Phi) is 5.34. The minimum atomic E-state index is -0.461. The van der Waals surface area contributed by atoms with Gasteiger partial charge in [-0.3, -0.25) is 0 Å². The molecule has 5 rings (SSSR count). The molecule has 3 fully saturated rings. The molecule has 1 aliphatic heterocycles. The average molecular weight is 408 g/mol. The van der Waals surface area contributed by atoms with Gasteiger partial charge in [0.15, 0.2) is 0 Å². The van der Waals surface area contributed by atoms with Crippen LogP contribution in [-0.4, -0.2) is 18.8 Å². The lowest BCUT2D eigenvalue weighted by atomic mass is 9.73. The Morgan fingerprint density at radius 1 is 0.900 bits per heavy atom. The van der Waals surface area contributed by atoms with E-state index >= 15 is 0 Å². The van der Waals surface area contributed by atoms with Gasteiger partial charge in [-0.25, -0.2) is 4.79 Å². The summed E-state index contributed by atoms with van der Waals surface area (Å²) in [7, 11) is 0. The summed E-state index contributed by atoms with van der Waals surface area (Å²) in [6, 6.07) is 12.7. The van der Waals surface area contributed by atoms with E-state index in [-0.39, 0.29) is 6.09 Å². The molecule has 160 valence electrons. The van der Waals surface area contributed by atoms with E-state index in [2.05, 4.69) is 41.7 Å². The van der Waals surface area contributed by atoms with Crippen LogP contribution in [0.15, 0.2) is 36.4 Å². The van der Waals surface area contributed by atoms with Gasteiger partial charge in [-0.1, -0.05) is 50.3 Å². The molecule has 2 aromatic carbocycles. The van der Waals surface area contributed by atoms with Crippen molar-refractivity contribution in [2.45, 2.75) is 76.4 Å². The molecule has 1 N–H and O–H groups in total. The van der Waals surface area contributed by atoms with E-state index in [1.807, 2.05) is 6.92 Å². The number of hydrogen-bond donors (Lipinski definition) is 1. The highest BCUT2D eigenvalue weighted by Crippen LogP contribution is 2.39. The number of alkyl carbamates (subject to hydrolysis) is 1. The molecule has 0 radical (unpaired) electrons. The van der Waals surface area contributed by atoms with Crippen LogP contribution in [0, 0.1) is 11.8 Å². The van der Waals surface area contributed by atoms with Crippen LogP contribution in [0.2, 0.25) is 0 Å². The number of cyclic esters (lactones) is 1. The maximum Gasteiger partial charge on any atom is 0.408 e. The summed E-state index contributed by atoms with van der Waals surface area (Å²) >= 11 is 0. The Bertz CT molecular complexity index is 912. The molecular formula is C26H33NO3. The molecule has 2 aliphatic carbocycles. The topological polar surface area (TPSA) is 47.6 Å². The zero-order valence-electron chi connectivity index (χ0n) is 18.0. The quantitative estimate of drug-likeness (QED) is 0.646. The number of ether oxygens (including phenoxy) is 2. The summed E-state index contributed by atoms with van der Waals surface area (Å²) in [6.07, 6.45) is 12.3. The van der Waals surface area contributed by atoms with Gasteiger partial charge in [0, 0.05) is 0 Å². The summed E-state index contributed by atoms with van der Waals surface area (Å²) in [5, 5.41) is 5.24. The monoisotopic (exact) mass is 407 g/mol. The van der Waals surface area contributed by atoms with Gasteiger partial charge < -0.3 is 14.8 Å². The van der Waals surface area contributed by atoms with E-state index in [1.165, 1.54) is 63.2 Å². The standard InChI is InChI=1S/C26H33NO3/c1-26(17-29-25(28)27-26)22-11-7-21-16-24(14-10-20(21)15-22)30-23-12-8-19(9-13-23)18-5-3-2-4-6-18/h7,10-11,14-16,18-19,23H,2-6,8-9,12-13,17H2,1H3,(H,27,28). The molecular weight excluding hydrogens is 374 g/mol. The average Bonchev–Trinajstić information content (AvgIpc) is 3.14. The number of fused-ring (bicyclic) bond motifs is 1.